The van der Waals surface area contributed by atoms with Crippen LogP contribution in [0.2, 0.25) is 0 Å². The molecular weight excluding hydrogens is 296 g/mol. The number of hydrogen-bond acceptors (Lipinski definition) is 4. The summed E-state index contributed by atoms with van der Waals surface area (Å²) < 4.78 is 10.4. The Labute approximate surface area is 136 Å². The molecule has 0 saturated heterocycles. The molecule has 0 aromatic heterocycles. The van der Waals surface area contributed by atoms with Gasteiger partial charge in [0.15, 0.2) is 11.5 Å². The number of rotatable bonds is 8. The third kappa shape index (κ3) is 4.87. The van der Waals surface area contributed by atoms with Crippen LogP contribution in [0.1, 0.15) is 25.3 Å². The Morgan fingerprint density at radius 1 is 1.22 bits per heavy atom. The number of nitrogens with one attached hydrogen (secondary N) is 1. The summed E-state index contributed by atoms with van der Waals surface area (Å²) in [5.74, 6) is 1.24. The van der Waals surface area contributed by atoms with Crippen molar-refractivity contribution < 1.29 is 19.1 Å². The second kappa shape index (κ2) is 7.85. The summed E-state index contributed by atoms with van der Waals surface area (Å²) in [5.41, 5.74) is 0.853. The van der Waals surface area contributed by atoms with Gasteiger partial charge >= 0.3 is 0 Å². The van der Waals surface area contributed by atoms with Crippen molar-refractivity contribution in [1.82, 2.24) is 10.2 Å². The van der Waals surface area contributed by atoms with Crippen LogP contribution < -0.4 is 14.8 Å². The molecule has 1 aromatic rings. The van der Waals surface area contributed by atoms with Crippen molar-refractivity contribution in [1.29, 1.82) is 0 Å². The molecule has 6 nitrogen and oxygen atoms in total. The zero-order chi connectivity index (χ0) is 16.8. The molecule has 23 heavy (non-hydrogen) atoms. The first-order valence-corrected chi connectivity index (χ1v) is 7.80. The van der Waals surface area contributed by atoms with E-state index in [0.717, 1.165) is 18.4 Å². The summed E-state index contributed by atoms with van der Waals surface area (Å²) in [6.45, 7) is 2.61. The number of carbonyl (C=O) groups is 2. The van der Waals surface area contributed by atoms with Crippen LogP contribution in [0.25, 0.3) is 0 Å². The lowest BCUT2D eigenvalue weighted by Crippen LogP contribution is -2.39. The molecule has 1 saturated carbocycles. The van der Waals surface area contributed by atoms with Crippen LogP contribution in [-0.2, 0) is 16.0 Å². The summed E-state index contributed by atoms with van der Waals surface area (Å²) in [6, 6.07) is 5.79. The zero-order valence-electron chi connectivity index (χ0n) is 13.9. The van der Waals surface area contributed by atoms with E-state index >= 15 is 0 Å². The van der Waals surface area contributed by atoms with Crippen LogP contribution >= 0.6 is 0 Å². The van der Waals surface area contributed by atoms with Crippen molar-refractivity contribution in [3.63, 3.8) is 0 Å². The van der Waals surface area contributed by atoms with Gasteiger partial charge in [0.2, 0.25) is 11.8 Å². The van der Waals surface area contributed by atoms with Crippen molar-refractivity contribution in [2.24, 2.45) is 0 Å². The number of ether oxygens (including phenoxy) is 2. The Bertz CT molecular complexity index is 570. The van der Waals surface area contributed by atoms with Gasteiger partial charge in [-0.25, -0.2) is 0 Å². The summed E-state index contributed by atoms with van der Waals surface area (Å²) in [6.07, 6.45) is 2.40. The van der Waals surface area contributed by atoms with Crippen molar-refractivity contribution in [3.05, 3.63) is 23.8 Å². The van der Waals surface area contributed by atoms with Gasteiger partial charge in [-0.05, 0) is 30.5 Å². The predicted octanol–water partition coefficient (Wildman–Crippen LogP) is 1.37. The van der Waals surface area contributed by atoms with E-state index in [-0.39, 0.29) is 18.2 Å². The smallest absolute Gasteiger partial charge is 0.224 e. The van der Waals surface area contributed by atoms with E-state index in [0.29, 0.717) is 30.6 Å². The third-order valence-corrected chi connectivity index (χ3v) is 3.88. The first kappa shape index (κ1) is 17.1. The maximum Gasteiger partial charge on any atom is 0.224 e. The van der Waals surface area contributed by atoms with Crippen molar-refractivity contribution in [2.75, 3.05) is 27.3 Å². The molecule has 6 heteroatoms. The maximum absolute atomic E-state index is 12.0. The molecule has 0 unspecified atom stereocenters. The number of carbonyl (C=O) groups excluding carboxylic acids is 2. The summed E-state index contributed by atoms with van der Waals surface area (Å²) >= 11 is 0. The van der Waals surface area contributed by atoms with Gasteiger partial charge in [-0.2, -0.15) is 0 Å². The third-order valence-electron chi connectivity index (χ3n) is 3.88. The molecule has 126 valence electrons. The van der Waals surface area contributed by atoms with Crippen LogP contribution in [0.15, 0.2) is 18.2 Å². The SMILES string of the molecule is COc1ccc(CC(=O)NCCN(C(C)=O)C2CC2)cc1OC. The molecule has 1 aromatic carbocycles. The quantitative estimate of drug-likeness (QED) is 0.785. The predicted molar refractivity (Wildman–Crippen MR) is 86.7 cm³/mol. The van der Waals surface area contributed by atoms with Crippen LogP contribution in [0.3, 0.4) is 0 Å². The van der Waals surface area contributed by atoms with Gasteiger partial charge in [0.05, 0.1) is 20.6 Å². The Kier molecular flexibility index (Phi) is 5.84. The van der Waals surface area contributed by atoms with Crippen LogP contribution in [0.4, 0.5) is 0 Å². The highest BCUT2D eigenvalue weighted by atomic mass is 16.5. The highest BCUT2D eigenvalue weighted by Gasteiger charge is 2.30. The first-order valence-electron chi connectivity index (χ1n) is 7.80. The maximum atomic E-state index is 12.0. The Hall–Kier alpha value is -2.24. The van der Waals surface area contributed by atoms with E-state index in [2.05, 4.69) is 5.32 Å². The Morgan fingerprint density at radius 2 is 1.91 bits per heavy atom. The lowest BCUT2D eigenvalue weighted by atomic mass is 10.1. The second-order valence-corrected chi connectivity index (χ2v) is 5.66. The van der Waals surface area contributed by atoms with E-state index in [4.69, 9.17) is 9.47 Å². The Balaban J connectivity index is 1.81. The molecule has 1 aliphatic carbocycles. The zero-order valence-corrected chi connectivity index (χ0v) is 13.9. The normalized spacial score (nSPS) is 13.3. The number of benzene rings is 1. The molecule has 1 aliphatic rings. The lowest BCUT2D eigenvalue weighted by Gasteiger charge is -2.20. The van der Waals surface area contributed by atoms with Crippen molar-refractivity contribution in [2.45, 2.75) is 32.2 Å². The molecule has 2 rings (SSSR count). The molecule has 0 heterocycles. The van der Waals surface area contributed by atoms with Crippen molar-refractivity contribution in [3.8, 4) is 11.5 Å². The standard InChI is InChI=1S/C17H24N2O4/c1-12(20)19(14-5-6-14)9-8-18-17(21)11-13-4-7-15(22-2)16(10-13)23-3/h4,7,10,14H,5-6,8-9,11H2,1-3H3,(H,18,21). The largest absolute Gasteiger partial charge is 0.493 e. The molecule has 0 spiro atoms. The molecule has 0 radical (unpaired) electrons. The van der Waals surface area contributed by atoms with Crippen LogP contribution in [0.5, 0.6) is 11.5 Å². The fourth-order valence-corrected chi connectivity index (χ4v) is 2.54. The minimum Gasteiger partial charge on any atom is -0.493 e. The highest BCUT2D eigenvalue weighted by molar-refractivity contribution is 5.79. The van der Waals surface area contributed by atoms with Gasteiger partial charge in [0, 0.05) is 26.1 Å². The lowest BCUT2D eigenvalue weighted by molar-refractivity contribution is -0.130. The van der Waals surface area contributed by atoms with E-state index < -0.39 is 0 Å². The van der Waals surface area contributed by atoms with Crippen LogP contribution in [0, 0.1) is 0 Å². The summed E-state index contributed by atoms with van der Waals surface area (Å²) in [5, 5.41) is 2.86. The Morgan fingerprint density at radius 3 is 2.48 bits per heavy atom. The topological polar surface area (TPSA) is 67.9 Å². The van der Waals surface area contributed by atoms with Gasteiger partial charge < -0.3 is 19.7 Å². The van der Waals surface area contributed by atoms with Crippen LogP contribution in [-0.4, -0.2) is 50.1 Å². The van der Waals surface area contributed by atoms with E-state index in [1.165, 1.54) is 0 Å². The van der Waals surface area contributed by atoms with Gasteiger partial charge in [0.1, 0.15) is 0 Å². The average Bonchev–Trinajstić information content (AvgIpc) is 3.35. The number of nitrogens with zero attached hydrogens (tertiary/aromatic N) is 1. The van der Waals surface area contributed by atoms with E-state index in [1.807, 2.05) is 11.0 Å². The fraction of sp³-hybridized carbons (Fsp3) is 0.529. The second-order valence-electron chi connectivity index (χ2n) is 5.66. The van der Waals surface area contributed by atoms with E-state index in [9.17, 15) is 9.59 Å². The molecule has 2 amide bonds. The molecular formula is C17H24N2O4. The molecule has 0 atom stereocenters. The molecule has 0 aliphatic heterocycles. The summed E-state index contributed by atoms with van der Waals surface area (Å²) in [4.78, 5) is 25.4. The van der Waals surface area contributed by atoms with Gasteiger partial charge in [0.25, 0.3) is 0 Å². The fourth-order valence-electron chi connectivity index (χ4n) is 2.54. The number of hydrogen-bond donors (Lipinski definition) is 1. The molecule has 0 bridgehead atoms. The minimum atomic E-state index is -0.0727. The van der Waals surface area contributed by atoms with Gasteiger partial charge in [-0.15, -0.1) is 0 Å². The number of methoxy groups -OCH3 is 2. The first-order chi connectivity index (χ1) is 11.0. The van der Waals surface area contributed by atoms with E-state index in [1.54, 1.807) is 33.3 Å². The van der Waals surface area contributed by atoms with Gasteiger partial charge in [-0.1, -0.05) is 6.07 Å². The highest BCUT2D eigenvalue weighted by Crippen LogP contribution is 2.28. The average molecular weight is 320 g/mol. The van der Waals surface area contributed by atoms with Crippen molar-refractivity contribution >= 4 is 11.8 Å². The monoisotopic (exact) mass is 320 g/mol. The van der Waals surface area contributed by atoms with Gasteiger partial charge in [-0.3, -0.25) is 9.59 Å². The molecule has 1 N–H and O–H groups in total. The molecule has 1 fully saturated rings. The minimum absolute atomic E-state index is 0.0710. The number of amides is 2. The summed E-state index contributed by atoms with van der Waals surface area (Å²) in [7, 11) is 3.14.